The molecule has 0 bridgehead atoms. The van der Waals surface area contributed by atoms with Crippen LogP contribution in [0.2, 0.25) is 0 Å². The van der Waals surface area contributed by atoms with E-state index in [4.69, 9.17) is 0 Å². The molecule has 1 saturated carbocycles. The summed E-state index contributed by atoms with van der Waals surface area (Å²) >= 11 is 2.08. The van der Waals surface area contributed by atoms with Crippen LogP contribution in [0, 0.1) is 0 Å². The molecule has 0 aromatic heterocycles. The number of rotatable bonds is 5. The van der Waals surface area contributed by atoms with Crippen molar-refractivity contribution in [1.82, 2.24) is 10.2 Å². The largest absolute Gasteiger partial charge is 0.308 e. The molecule has 1 heterocycles. The van der Waals surface area contributed by atoms with Crippen LogP contribution in [0.3, 0.4) is 0 Å². The van der Waals surface area contributed by atoms with E-state index in [9.17, 15) is 0 Å². The second-order valence-electron chi connectivity index (χ2n) is 6.09. The van der Waals surface area contributed by atoms with Crippen molar-refractivity contribution >= 4 is 11.8 Å². The topological polar surface area (TPSA) is 15.3 Å². The van der Waals surface area contributed by atoms with Gasteiger partial charge in [-0.1, -0.05) is 26.2 Å². The van der Waals surface area contributed by atoms with Crippen LogP contribution in [0.5, 0.6) is 0 Å². The lowest BCUT2D eigenvalue weighted by Crippen LogP contribution is -2.64. The van der Waals surface area contributed by atoms with Crippen LogP contribution in [0.4, 0.5) is 0 Å². The zero-order valence-corrected chi connectivity index (χ0v) is 13.0. The maximum Gasteiger partial charge on any atom is 0.0309 e. The second-order valence-corrected chi connectivity index (χ2v) is 7.49. The van der Waals surface area contributed by atoms with Crippen molar-refractivity contribution in [2.24, 2.45) is 0 Å². The van der Waals surface area contributed by atoms with Gasteiger partial charge in [-0.25, -0.2) is 0 Å². The van der Waals surface area contributed by atoms with Gasteiger partial charge in [-0.2, -0.15) is 11.8 Å². The quantitative estimate of drug-likeness (QED) is 0.773. The number of nitrogens with one attached hydrogen (secondary N) is 1. The lowest BCUT2D eigenvalue weighted by atomic mass is 9.79. The summed E-state index contributed by atoms with van der Waals surface area (Å²) in [5.41, 5.74) is 0.475. The van der Waals surface area contributed by atoms with Gasteiger partial charge in [0.15, 0.2) is 0 Å². The van der Waals surface area contributed by atoms with Crippen LogP contribution in [0.1, 0.15) is 52.4 Å². The van der Waals surface area contributed by atoms with Crippen molar-refractivity contribution in [3.8, 4) is 0 Å². The van der Waals surface area contributed by atoms with Gasteiger partial charge in [0.1, 0.15) is 0 Å². The minimum absolute atomic E-state index is 0.475. The maximum absolute atomic E-state index is 3.87. The smallest absolute Gasteiger partial charge is 0.0309 e. The zero-order valence-electron chi connectivity index (χ0n) is 12.2. The SMILES string of the molecule is CCSCCCN1CC2(CCCCC2)NCC1C. The molecule has 2 fully saturated rings. The van der Waals surface area contributed by atoms with E-state index in [1.54, 1.807) is 0 Å². The van der Waals surface area contributed by atoms with Gasteiger partial charge in [0.25, 0.3) is 0 Å². The van der Waals surface area contributed by atoms with Crippen molar-refractivity contribution in [2.75, 3.05) is 31.1 Å². The Labute approximate surface area is 117 Å². The summed E-state index contributed by atoms with van der Waals surface area (Å²) < 4.78 is 0. The van der Waals surface area contributed by atoms with E-state index in [-0.39, 0.29) is 0 Å². The Kier molecular flexibility index (Phi) is 5.84. The molecule has 2 rings (SSSR count). The number of hydrogen-bond acceptors (Lipinski definition) is 3. The molecule has 1 spiro atoms. The molecule has 1 aliphatic heterocycles. The average molecular weight is 270 g/mol. The molecular weight excluding hydrogens is 240 g/mol. The summed E-state index contributed by atoms with van der Waals surface area (Å²) in [5, 5.41) is 3.87. The highest BCUT2D eigenvalue weighted by atomic mass is 32.2. The lowest BCUT2D eigenvalue weighted by Gasteiger charge is -2.49. The number of piperazine rings is 1. The molecule has 1 atom stereocenters. The molecule has 3 heteroatoms. The van der Waals surface area contributed by atoms with Gasteiger partial charge in [-0.05, 0) is 44.2 Å². The zero-order chi connectivity index (χ0) is 12.8. The molecule has 1 saturated heterocycles. The third kappa shape index (κ3) is 3.88. The van der Waals surface area contributed by atoms with Crippen molar-refractivity contribution in [3.63, 3.8) is 0 Å². The molecule has 1 unspecified atom stereocenters. The first-order chi connectivity index (χ1) is 8.76. The van der Waals surface area contributed by atoms with E-state index in [1.165, 1.54) is 69.7 Å². The molecule has 0 radical (unpaired) electrons. The lowest BCUT2D eigenvalue weighted by molar-refractivity contribution is 0.0632. The van der Waals surface area contributed by atoms with Gasteiger partial charge in [-0.15, -0.1) is 0 Å². The summed E-state index contributed by atoms with van der Waals surface area (Å²) in [6.45, 7) is 8.44. The molecule has 106 valence electrons. The highest BCUT2D eigenvalue weighted by Crippen LogP contribution is 2.31. The Bertz CT molecular complexity index is 239. The first-order valence-electron chi connectivity index (χ1n) is 7.82. The monoisotopic (exact) mass is 270 g/mol. The highest BCUT2D eigenvalue weighted by Gasteiger charge is 2.38. The Hall–Kier alpha value is 0.270. The van der Waals surface area contributed by atoms with Gasteiger partial charge in [0.05, 0.1) is 0 Å². The molecule has 0 aromatic rings. The summed E-state index contributed by atoms with van der Waals surface area (Å²) in [5.74, 6) is 2.60. The third-order valence-electron chi connectivity index (χ3n) is 4.65. The normalized spacial score (nSPS) is 28.7. The number of hydrogen-bond donors (Lipinski definition) is 1. The maximum atomic E-state index is 3.87. The van der Waals surface area contributed by atoms with Gasteiger partial charge in [0, 0.05) is 24.7 Å². The molecule has 18 heavy (non-hydrogen) atoms. The van der Waals surface area contributed by atoms with Crippen molar-refractivity contribution < 1.29 is 0 Å². The van der Waals surface area contributed by atoms with Gasteiger partial charge in [0.2, 0.25) is 0 Å². The Morgan fingerprint density at radius 2 is 2.06 bits per heavy atom. The fourth-order valence-corrected chi connectivity index (χ4v) is 4.09. The van der Waals surface area contributed by atoms with Gasteiger partial charge < -0.3 is 5.32 Å². The van der Waals surface area contributed by atoms with Crippen LogP contribution < -0.4 is 5.32 Å². The predicted octanol–water partition coefficient (Wildman–Crippen LogP) is 3.13. The Morgan fingerprint density at radius 1 is 1.28 bits per heavy atom. The highest BCUT2D eigenvalue weighted by molar-refractivity contribution is 7.99. The minimum Gasteiger partial charge on any atom is -0.308 e. The Balaban J connectivity index is 1.80. The van der Waals surface area contributed by atoms with Crippen LogP contribution >= 0.6 is 11.8 Å². The average Bonchev–Trinajstić information content (AvgIpc) is 2.40. The van der Waals surface area contributed by atoms with Crippen LogP contribution in [0.15, 0.2) is 0 Å². The summed E-state index contributed by atoms with van der Waals surface area (Å²) in [6, 6.07) is 0.726. The van der Waals surface area contributed by atoms with E-state index in [2.05, 4.69) is 35.8 Å². The van der Waals surface area contributed by atoms with Crippen molar-refractivity contribution in [1.29, 1.82) is 0 Å². The number of thioether (sulfide) groups is 1. The fourth-order valence-electron chi connectivity index (χ4n) is 3.47. The van der Waals surface area contributed by atoms with Crippen LogP contribution in [-0.4, -0.2) is 47.6 Å². The molecule has 1 N–H and O–H groups in total. The van der Waals surface area contributed by atoms with E-state index < -0.39 is 0 Å². The first kappa shape index (κ1) is 14.7. The van der Waals surface area contributed by atoms with Crippen molar-refractivity contribution in [3.05, 3.63) is 0 Å². The predicted molar refractivity (Wildman–Crippen MR) is 82.5 cm³/mol. The van der Waals surface area contributed by atoms with E-state index in [0.29, 0.717) is 5.54 Å². The summed E-state index contributed by atoms with van der Waals surface area (Å²) in [4.78, 5) is 2.75. The molecular formula is C15H30N2S. The van der Waals surface area contributed by atoms with E-state index >= 15 is 0 Å². The van der Waals surface area contributed by atoms with Gasteiger partial charge >= 0.3 is 0 Å². The first-order valence-corrected chi connectivity index (χ1v) is 8.98. The molecule has 0 aromatic carbocycles. The summed E-state index contributed by atoms with van der Waals surface area (Å²) in [7, 11) is 0. The molecule has 1 aliphatic carbocycles. The second kappa shape index (κ2) is 7.16. The fraction of sp³-hybridized carbons (Fsp3) is 1.00. The van der Waals surface area contributed by atoms with E-state index in [1.807, 2.05) is 0 Å². The molecule has 2 nitrogen and oxygen atoms in total. The van der Waals surface area contributed by atoms with Crippen LogP contribution in [0.25, 0.3) is 0 Å². The standard InChI is InChI=1S/C15H30N2S/c1-3-18-11-7-10-17-13-15(16-12-14(17)2)8-5-4-6-9-15/h14,16H,3-13H2,1-2H3. The minimum atomic E-state index is 0.475. The van der Waals surface area contributed by atoms with E-state index in [0.717, 1.165) is 6.04 Å². The van der Waals surface area contributed by atoms with Gasteiger partial charge in [-0.3, -0.25) is 4.90 Å². The third-order valence-corrected chi connectivity index (χ3v) is 5.64. The molecule has 0 amide bonds. The molecule has 2 aliphatic rings. The van der Waals surface area contributed by atoms with Crippen LogP contribution in [-0.2, 0) is 0 Å². The van der Waals surface area contributed by atoms with Crippen molar-refractivity contribution in [2.45, 2.75) is 64.0 Å². The Morgan fingerprint density at radius 3 is 2.78 bits per heavy atom. The summed E-state index contributed by atoms with van der Waals surface area (Å²) in [6.07, 6.45) is 8.48. The number of nitrogens with zero attached hydrogens (tertiary/aromatic N) is 1.